The predicted octanol–water partition coefficient (Wildman–Crippen LogP) is 2.46. The zero-order valence-electron chi connectivity index (χ0n) is 10.2. The Morgan fingerprint density at radius 2 is 1.94 bits per heavy atom. The van der Waals surface area contributed by atoms with Gasteiger partial charge in [0.1, 0.15) is 0 Å². The number of nitrogens with zero attached hydrogens (tertiary/aromatic N) is 1. The van der Waals surface area contributed by atoms with Crippen LogP contribution in [0.3, 0.4) is 0 Å². The minimum atomic E-state index is -3.12. The lowest BCUT2D eigenvalue weighted by Crippen LogP contribution is -2.41. The van der Waals surface area contributed by atoms with Crippen LogP contribution in [0.5, 0.6) is 0 Å². The molecule has 1 aliphatic rings. The second-order valence-corrected chi connectivity index (χ2v) is 6.95. The maximum absolute atomic E-state index is 12.2. The van der Waals surface area contributed by atoms with E-state index in [4.69, 9.17) is 11.6 Å². The van der Waals surface area contributed by atoms with Gasteiger partial charge in [0.05, 0.1) is 5.75 Å². The van der Waals surface area contributed by atoms with Gasteiger partial charge in [0.15, 0.2) is 0 Å². The summed E-state index contributed by atoms with van der Waals surface area (Å²) in [7, 11) is -3.12. The van der Waals surface area contributed by atoms with Crippen LogP contribution in [-0.2, 0) is 10.0 Å². The van der Waals surface area contributed by atoms with Crippen LogP contribution in [0, 0.1) is 5.92 Å². The summed E-state index contributed by atoms with van der Waals surface area (Å²) in [6, 6.07) is 0.234. The monoisotopic (exact) mass is 267 g/mol. The third-order valence-corrected chi connectivity index (χ3v) is 5.95. The van der Waals surface area contributed by atoms with Gasteiger partial charge >= 0.3 is 0 Å². The smallest absolute Gasteiger partial charge is 0.212 e. The van der Waals surface area contributed by atoms with Gasteiger partial charge in [-0.2, -0.15) is 4.31 Å². The highest BCUT2D eigenvalue weighted by Crippen LogP contribution is 2.26. The van der Waals surface area contributed by atoms with Crippen LogP contribution in [0.2, 0.25) is 0 Å². The Balaban J connectivity index is 2.69. The fourth-order valence-corrected chi connectivity index (χ4v) is 4.70. The molecule has 0 radical (unpaired) electrons. The number of hydrogen-bond donors (Lipinski definition) is 0. The molecule has 1 unspecified atom stereocenters. The summed E-state index contributed by atoms with van der Waals surface area (Å²) in [4.78, 5) is 0. The second kappa shape index (κ2) is 6.22. The zero-order valence-corrected chi connectivity index (χ0v) is 11.7. The Hall–Kier alpha value is 0.200. The maximum Gasteiger partial charge on any atom is 0.214 e. The summed E-state index contributed by atoms with van der Waals surface area (Å²) in [6.45, 7) is 4.39. The molecule has 0 saturated heterocycles. The van der Waals surface area contributed by atoms with Crippen molar-refractivity contribution in [3.63, 3.8) is 0 Å². The molecule has 0 aromatic rings. The van der Waals surface area contributed by atoms with Crippen LogP contribution >= 0.6 is 11.6 Å². The molecule has 16 heavy (non-hydrogen) atoms. The Kier molecular flexibility index (Phi) is 5.54. The summed E-state index contributed by atoms with van der Waals surface area (Å²) in [6.07, 6.45) is 4.34. The molecular weight excluding hydrogens is 246 g/mol. The predicted molar refractivity (Wildman–Crippen MR) is 68.3 cm³/mol. The van der Waals surface area contributed by atoms with Crippen LogP contribution in [0.1, 0.15) is 39.5 Å². The molecule has 1 fully saturated rings. The molecule has 1 aliphatic carbocycles. The summed E-state index contributed by atoms with van der Waals surface area (Å²) in [5, 5.41) is 0. The molecule has 0 bridgehead atoms. The van der Waals surface area contributed by atoms with Crippen molar-refractivity contribution in [1.82, 2.24) is 4.31 Å². The standard InChI is InChI=1S/C11H22ClNO2S/c1-3-13(11-6-4-5-7-11)16(14,15)9-10(2)8-12/h10-11H,3-9H2,1-2H3. The van der Waals surface area contributed by atoms with Crippen molar-refractivity contribution in [2.45, 2.75) is 45.6 Å². The van der Waals surface area contributed by atoms with Crippen LogP contribution in [0.4, 0.5) is 0 Å². The van der Waals surface area contributed by atoms with Gasteiger partial charge in [-0.3, -0.25) is 0 Å². The zero-order chi connectivity index (χ0) is 12.2. The van der Waals surface area contributed by atoms with E-state index in [9.17, 15) is 8.42 Å². The molecule has 1 rings (SSSR count). The highest BCUT2D eigenvalue weighted by molar-refractivity contribution is 7.89. The molecule has 96 valence electrons. The van der Waals surface area contributed by atoms with Gasteiger partial charge < -0.3 is 0 Å². The lowest BCUT2D eigenvalue weighted by Gasteiger charge is -2.27. The average molecular weight is 268 g/mol. The van der Waals surface area contributed by atoms with Crippen molar-refractivity contribution in [1.29, 1.82) is 0 Å². The Bertz CT molecular complexity index is 299. The molecular formula is C11H22ClNO2S. The highest BCUT2D eigenvalue weighted by atomic mass is 35.5. The first kappa shape index (κ1) is 14.3. The number of hydrogen-bond acceptors (Lipinski definition) is 2. The summed E-state index contributed by atoms with van der Waals surface area (Å²) in [5.74, 6) is 0.615. The molecule has 3 nitrogen and oxygen atoms in total. The third kappa shape index (κ3) is 3.60. The van der Waals surface area contributed by atoms with E-state index in [2.05, 4.69) is 0 Å². The van der Waals surface area contributed by atoms with Crippen LogP contribution < -0.4 is 0 Å². The maximum atomic E-state index is 12.2. The van der Waals surface area contributed by atoms with Gasteiger partial charge in [0.2, 0.25) is 10.0 Å². The quantitative estimate of drug-likeness (QED) is 0.694. The fraction of sp³-hybridized carbons (Fsp3) is 1.00. The molecule has 0 amide bonds. The highest BCUT2D eigenvalue weighted by Gasteiger charge is 2.31. The number of halogens is 1. The van der Waals surface area contributed by atoms with Gasteiger partial charge in [-0.15, -0.1) is 11.6 Å². The lowest BCUT2D eigenvalue weighted by atomic mass is 10.2. The normalized spacial score (nSPS) is 20.5. The van der Waals surface area contributed by atoms with Gasteiger partial charge in [0.25, 0.3) is 0 Å². The molecule has 0 spiro atoms. The molecule has 1 saturated carbocycles. The van der Waals surface area contributed by atoms with E-state index >= 15 is 0 Å². The minimum absolute atomic E-state index is 0.0297. The fourth-order valence-electron chi connectivity index (χ4n) is 2.37. The Labute approximate surface area is 104 Å². The van der Waals surface area contributed by atoms with E-state index in [-0.39, 0.29) is 17.7 Å². The first-order chi connectivity index (χ1) is 7.51. The van der Waals surface area contributed by atoms with Crippen molar-refractivity contribution in [3.8, 4) is 0 Å². The molecule has 5 heteroatoms. The second-order valence-electron chi connectivity index (χ2n) is 4.68. The van der Waals surface area contributed by atoms with E-state index in [1.807, 2.05) is 13.8 Å². The average Bonchev–Trinajstić information content (AvgIpc) is 2.70. The topological polar surface area (TPSA) is 37.4 Å². The number of alkyl halides is 1. The Morgan fingerprint density at radius 1 is 1.38 bits per heavy atom. The minimum Gasteiger partial charge on any atom is -0.212 e. The molecule has 0 aromatic carbocycles. The van der Waals surface area contributed by atoms with E-state index in [1.165, 1.54) is 0 Å². The summed E-state index contributed by atoms with van der Waals surface area (Å²) in [5.41, 5.74) is 0. The van der Waals surface area contributed by atoms with Crippen LogP contribution in [0.25, 0.3) is 0 Å². The van der Waals surface area contributed by atoms with E-state index in [0.717, 1.165) is 25.7 Å². The lowest BCUT2D eigenvalue weighted by molar-refractivity contribution is 0.333. The Morgan fingerprint density at radius 3 is 2.38 bits per heavy atom. The summed E-state index contributed by atoms with van der Waals surface area (Å²) < 4.78 is 26.1. The number of sulfonamides is 1. The van der Waals surface area contributed by atoms with Crippen LogP contribution in [0.15, 0.2) is 0 Å². The van der Waals surface area contributed by atoms with Gasteiger partial charge in [0, 0.05) is 18.5 Å². The number of rotatable bonds is 6. The molecule has 0 N–H and O–H groups in total. The van der Waals surface area contributed by atoms with Crippen LogP contribution in [-0.4, -0.2) is 36.9 Å². The van der Waals surface area contributed by atoms with Crippen molar-refractivity contribution in [3.05, 3.63) is 0 Å². The first-order valence-corrected chi connectivity index (χ1v) is 8.21. The third-order valence-electron chi connectivity index (χ3n) is 3.16. The van der Waals surface area contributed by atoms with E-state index < -0.39 is 10.0 Å². The van der Waals surface area contributed by atoms with Crippen molar-refractivity contribution in [2.24, 2.45) is 5.92 Å². The molecule has 0 heterocycles. The molecule has 0 aliphatic heterocycles. The molecule has 1 atom stereocenters. The van der Waals surface area contributed by atoms with Gasteiger partial charge in [-0.25, -0.2) is 8.42 Å². The van der Waals surface area contributed by atoms with E-state index in [0.29, 0.717) is 12.4 Å². The van der Waals surface area contributed by atoms with Gasteiger partial charge in [-0.05, 0) is 18.8 Å². The molecule has 0 aromatic heterocycles. The van der Waals surface area contributed by atoms with Crippen molar-refractivity contribution >= 4 is 21.6 Å². The first-order valence-electron chi connectivity index (χ1n) is 6.06. The summed E-state index contributed by atoms with van der Waals surface area (Å²) >= 11 is 5.68. The SMILES string of the molecule is CCN(C1CCCC1)S(=O)(=O)CC(C)CCl. The van der Waals surface area contributed by atoms with Gasteiger partial charge in [-0.1, -0.05) is 26.7 Å². The largest absolute Gasteiger partial charge is 0.214 e. The van der Waals surface area contributed by atoms with Crippen molar-refractivity contribution in [2.75, 3.05) is 18.2 Å². The van der Waals surface area contributed by atoms with Crippen molar-refractivity contribution < 1.29 is 8.42 Å². The van der Waals surface area contributed by atoms with E-state index in [1.54, 1.807) is 4.31 Å².